The summed E-state index contributed by atoms with van der Waals surface area (Å²) >= 11 is 0. The molecule has 1 aromatic rings. The average molecular weight is 309 g/mol. The smallest absolute Gasteiger partial charge is 0.352 e. The van der Waals surface area contributed by atoms with Crippen LogP contribution < -0.4 is 14.8 Å². The normalized spacial score (nSPS) is 11.0. The number of amides is 1. The SMILES string of the molecule is COCCOc1ccc(/C=C(\NC(C)=O)C(=O)O)cc1OC. The number of carboxylic acid groups (broad SMARTS) is 1. The van der Waals surface area contributed by atoms with E-state index in [2.05, 4.69) is 5.32 Å². The summed E-state index contributed by atoms with van der Waals surface area (Å²) in [7, 11) is 3.06. The monoisotopic (exact) mass is 309 g/mol. The van der Waals surface area contributed by atoms with Crippen molar-refractivity contribution in [1.29, 1.82) is 0 Å². The number of aliphatic carboxylic acids is 1. The van der Waals surface area contributed by atoms with Crippen LogP contribution in [-0.2, 0) is 14.3 Å². The summed E-state index contributed by atoms with van der Waals surface area (Å²) in [6.07, 6.45) is 1.34. The lowest BCUT2D eigenvalue weighted by atomic mass is 10.1. The Hall–Kier alpha value is -2.54. The van der Waals surface area contributed by atoms with Crippen LogP contribution in [0.15, 0.2) is 23.9 Å². The molecule has 0 atom stereocenters. The van der Waals surface area contributed by atoms with E-state index in [0.29, 0.717) is 30.3 Å². The van der Waals surface area contributed by atoms with Crippen molar-refractivity contribution in [1.82, 2.24) is 5.32 Å². The number of hydrogen-bond donors (Lipinski definition) is 2. The number of carbonyl (C=O) groups excluding carboxylic acids is 1. The summed E-state index contributed by atoms with van der Waals surface area (Å²) in [4.78, 5) is 22.1. The zero-order valence-corrected chi connectivity index (χ0v) is 12.7. The highest BCUT2D eigenvalue weighted by atomic mass is 16.5. The van der Waals surface area contributed by atoms with Gasteiger partial charge in [-0.1, -0.05) is 6.07 Å². The van der Waals surface area contributed by atoms with E-state index in [1.54, 1.807) is 25.3 Å². The van der Waals surface area contributed by atoms with E-state index in [0.717, 1.165) is 0 Å². The second kappa shape index (κ2) is 8.68. The van der Waals surface area contributed by atoms with E-state index >= 15 is 0 Å². The molecule has 1 amide bonds. The van der Waals surface area contributed by atoms with E-state index in [1.807, 2.05) is 0 Å². The van der Waals surface area contributed by atoms with Crippen LogP contribution in [0.2, 0.25) is 0 Å². The summed E-state index contributed by atoms with van der Waals surface area (Å²) in [5.74, 6) is -0.708. The zero-order valence-electron chi connectivity index (χ0n) is 12.7. The number of hydrogen-bond acceptors (Lipinski definition) is 5. The molecule has 22 heavy (non-hydrogen) atoms. The first-order chi connectivity index (χ1) is 10.5. The third-order valence-corrected chi connectivity index (χ3v) is 2.58. The highest BCUT2D eigenvalue weighted by Gasteiger charge is 2.10. The van der Waals surface area contributed by atoms with Crippen molar-refractivity contribution in [3.05, 3.63) is 29.5 Å². The van der Waals surface area contributed by atoms with Gasteiger partial charge in [0, 0.05) is 14.0 Å². The minimum atomic E-state index is -1.23. The summed E-state index contributed by atoms with van der Waals surface area (Å²) in [5, 5.41) is 11.3. The van der Waals surface area contributed by atoms with Gasteiger partial charge in [0.1, 0.15) is 12.3 Å². The molecule has 7 nitrogen and oxygen atoms in total. The van der Waals surface area contributed by atoms with Gasteiger partial charge in [-0.15, -0.1) is 0 Å². The fraction of sp³-hybridized carbons (Fsp3) is 0.333. The lowest BCUT2D eigenvalue weighted by Crippen LogP contribution is -2.24. The first-order valence-corrected chi connectivity index (χ1v) is 6.50. The van der Waals surface area contributed by atoms with Crippen LogP contribution in [0.4, 0.5) is 0 Å². The fourth-order valence-electron chi connectivity index (χ4n) is 1.64. The third kappa shape index (κ3) is 5.45. The first kappa shape index (κ1) is 17.5. The first-order valence-electron chi connectivity index (χ1n) is 6.50. The van der Waals surface area contributed by atoms with Crippen LogP contribution in [0.25, 0.3) is 6.08 Å². The van der Waals surface area contributed by atoms with Gasteiger partial charge >= 0.3 is 5.97 Å². The summed E-state index contributed by atoms with van der Waals surface area (Å²) in [6.45, 7) is 2.05. The molecule has 0 unspecified atom stereocenters. The Labute approximate surface area is 128 Å². The van der Waals surface area contributed by atoms with Gasteiger partial charge in [-0.25, -0.2) is 4.79 Å². The van der Waals surface area contributed by atoms with Crippen LogP contribution >= 0.6 is 0 Å². The molecule has 0 saturated carbocycles. The van der Waals surface area contributed by atoms with Crippen LogP contribution in [0.5, 0.6) is 11.5 Å². The molecule has 0 aromatic heterocycles. The van der Waals surface area contributed by atoms with Gasteiger partial charge in [-0.3, -0.25) is 4.79 Å². The van der Waals surface area contributed by atoms with Gasteiger partial charge in [0.25, 0.3) is 0 Å². The standard InChI is InChI=1S/C15H19NO6/c1-10(17)16-12(15(18)19)8-11-4-5-13(14(9-11)21-3)22-7-6-20-2/h4-5,8-9H,6-7H2,1-3H3,(H,16,17)(H,18,19)/b12-8-. The van der Waals surface area contributed by atoms with E-state index in [1.165, 1.54) is 20.1 Å². The van der Waals surface area contributed by atoms with E-state index in [9.17, 15) is 9.59 Å². The minimum absolute atomic E-state index is 0.220. The molecule has 1 aromatic carbocycles. The topological polar surface area (TPSA) is 94.1 Å². The van der Waals surface area contributed by atoms with Crippen LogP contribution in [0.3, 0.4) is 0 Å². The number of ether oxygens (including phenoxy) is 3. The Morgan fingerprint density at radius 3 is 2.50 bits per heavy atom. The molecule has 0 aliphatic heterocycles. The highest BCUT2D eigenvalue weighted by Crippen LogP contribution is 2.28. The van der Waals surface area contributed by atoms with Crippen molar-refractivity contribution in [2.24, 2.45) is 0 Å². The van der Waals surface area contributed by atoms with Gasteiger partial charge in [0.15, 0.2) is 11.5 Å². The predicted molar refractivity (Wildman–Crippen MR) is 79.8 cm³/mol. The largest absolute Gasteiger partial charge is 0.493 e. The second-order valence-electron chi connectivity index (χ2n) is 4.30. The Bertz CT molecular complexity index is 567. The Kier molecular flexibility index (Phi) is 6.91. The zero-order chi connectivity index (χ0) is 16.5. The number of carboxylic acids is 1. The van der Waals surface area contributed by atoms with Crippen LogP contribution in [-0.4, -0.2) is 44.4 Å². The second-order valence-corrected chi connectivity index (χ2v) is 4.30. The molecule has 0 saturated heterocycles. The van der Waals surface area contributed by atoms with E-state index in [4.69, 9.17) is 19.3 Å². The maximum atomic E-state index is 11.1. The Morgan fingerprint density at radius 1 is 1.23 bits per heavy atom. The molecule has 0 radical (unpaired) electrons. The lowest BCUT2D eigenvalue weighted by Gasteiger charge is -2.11. The summed E-state index contributed by atoms with van der Waals surface area (Å²) in [6, 6.07) is 4.94. The highest BCUT2D eigenvalue weighted by molar-refractivity contribution is 5.96. The average Bonchev–Trinajstić information content (AvgIpc) is 2.47. The molecule has 0 bridgehead atoms. The maximum absolute atomic E-state index is 11.1. The van der Waals surface area contributed by atoms with Gasteiger partial charge in [0.2, 0.25) is 5.91 Å². The van der Waals surface area contributed by atoms with Gasteiger partial charge < -0.3 is 24.6 Å². The summed E-state index contributed by atoms with van der Waals surface area (Å²) in [5.41, 5.74) is 0.338. The molecule has 0 aliphatic rings. The van der Waals surface area contributed by atoms with Gasteiger partial charge in [-0.2, -0.15) is 0 Å². The van der Waals surface area contributed by atoms with Crippen LogP contribution in [0.1, 0.15) is 12.5 Å². The number of carbonyl (C=O) groups is 2. The third-order valence-electron chi connectivity index (χ3n) is 2.58. The quantitative estimate of drug-likeness (QED) is 0.555. The number of benzene rings is 1. The molecule has 0 fully saturated rings. The Balaban J connectivity index is 3.00. The van der Waals surface area contributed by atoms with Crippen molar-refractivity contribution >= 4 is 18.0 Å². The molecule has 1 rings (SSSR count). The molecule has 120 valence electrons. The predicted octanol–water partition coefficient (Wildman–Crippen LogP) is 1.28. The minimum Gasteiger partial charge on any atom is -0.493 e. The number of methoxy groups -OCH3 is 2. The molecule has 0 spiro atoms. The molecule has 0 aliphatic carbocycles. The van der Waals surface area contributed by atoms with Crippen molar-refractivity contribution in [3.8, 4) is 11.5 Å². The van der Waals surface area contributed by atoms with E-state index in [-0.39, 0.29) is 5.70 Å². The van der Waals surface area contributed by atoms with Crippen molar-refractivity contribution in [3.63, 3.8) is 0 Å². The van der Waals surface area contributed by atoms with Crippen molar-refractivity contribution in [2.75, 3.05) is 27.4 Å². The van der Waals surface area contributed by atoms with Gasteiger partial charge in [-0.05, 0) is 23.8 Å². The van der Waals surface area contributed by atoms with Gasteiger partial charge in [0.05, 0.1) is 13.7 Å². The maximum Gasteiger partial charge on any atom is 0.352 e. The Morgan fingerprint density at radius 2 is 1.95 bits per heavy atom. The summed E-state index contributed by atoms with van der Waals surface area (Å²) < 4.78 is 15.6. The van der Waals surface area contributed by atoms with Crippen molar-refractivity contribution in [2.45, 2.75) is 6.92 Å². The molecule has 2 N–H and O–H groups in total. The molecule has 0 heterocycles. The molecular weight excluding hydrogens is 290 g/mol. The molecule has 7 heteroatoms. The molecular formula is C15H19NO6. The van der Waals surface area contributed by atoms with E-state index < -0.39 is 11.9 Å². The van der Waals surface area contributed by atoms with Crippen LogP contribution in [0, 0.1) is 0 Å². The lowest BCUT2D eigenvalue weighted by molar-refractivity contribution is -0.134. The number of rotatable bonds is 8. The fourth-order valence-corrected chi connectivity index (χ4v) is 1.64. The number of nitrogens with one attached hydrogen (secondary N) is 1. The van der Waals surface area contributed by atoms with Crippen molar-refractivity contribution < 1.29 is 28.9 Å².